The fraction of sp³-hybridized carbons (Fsp3) is 0.800. The van der Waals surface area contributed by atoms with Crippen LogP contribution in [0.4, 0.5) is 30.7 Å². The van der Waals surface area contributed by atoms with Gasteiger partial charge in [0, 0.05) is 0 Å². The van der Waals surface area contributed by atoms with Crippen molar-refractivity contribution < 1.29 is 35.5 Å². The Bertz CT molecular complexity index is 199. The van der Waals surface area contributed by atoms with Gasteiger partial charge < -0.3 is 0 Å². The number of alkyl halides is 7. The zero-order valence-corrected chi connectivity index (χ0v) is 5.84. The Morgan fingerprint density at radius 1 is 1.15 bits per heavy atom. The number of ketones is 1. The third kappa shape index (κ3) is 1.92. The van der Waals surface area contributed by atoms with Gasteiger partial charge >= 0.3 is 18.3 Å². The maximum absolute atomic E-state index is 12.0. The van der Waals surface area contributed by atoms with E-state index in [9.17, 15) is 35.5 Å². The van der Waals surface area contributed by atoms with E-state index in [-0.39, 0.29) is 0 Å². The van der Waals surface area contributed by atoms with Crippen LogP contribution in [0, 0.1) is 0 Å². The summed E-state index contributed by atoms with van der Waals surface area (Å²) < 4.78 is 81.7. The molecule has 0 heterocycles. The second-order valence-electron chi connectivity index (χ2n) is 2.05. The van der Waals surface area contributed by atoms with Gasteiger partial charge in [-0.1, -0.05) is 0 Å². The van der Waals surface area contributed by atoms with Crippen LogP contribution in [0.5, 0.6) is 0 Å². The Kier molecular flexibility index (Phi) is 3.28. The quantitative estimate of drug-likeness (QED) is 0.652. The summed E-state index contributed by atoms with van der Waals surface area (Å²) in [5.74, 6) is -14.4. The average molecular weight is 212 g/mol. The van der Waals surface area contributed by atoms with E-state index in [2.05, 4.69) is 0 Å². The van der Waals surface area contributed by atoms with Gasteiger partial charge in [0.05, 0.1) is 0 Å². The van der Waals surface area contributed by atoms with E-state index < -0.39 is 30.7 Å². The largest absolute Gasteiger partial charge is 0.376 e. The van der Waals surface area contributed by atoms with Crippen LogP contribution < -0.4 is 0 Å². The van der Waals surface area contributed by atoms with Crippen LogP contribution in [-0.4, -0.2) is 30.7 Å². The van der Waals surface area contributed by atoms with Gasteiger partial charge in [-0.15, -0.1) is 0 Å². The second kappa shape index (κ2) is 3.51. The lowest BCUT2D eigenvalue weighted by Crippen LogP contribution is -2.52. The highest BCUT2D eigenvalue weighted by molar-refractivity contribution is 5.87. The average Bonchev–Trinajstić information content (AvgIpc) is 2.02. The number of carbonyl (C=O) groups is 1. The molecule has 0 aliphatic heterocycles. The number of carbonyl (C=O) groups excluding carboxylic acids is 1. The third-order valence-corrected chi connectivity index (χ3v) is 1.16. The standard InChI is InChI=1S/C5H3F7O/c6-1-2(13)4(9,10)5(11,12)3(7)8/h3H,1H2. The number of rotatable bonds is 4. The molecule has 0 saturated heterocycles. The predicted molar refractivity (Wildman–Crippen MR) is 26.9 cm³/mol. The Hall–Kier alpha value is -0.820. The molecule has 0 aromatic rings. The van der Waals surface area contributed by atoms with Crippen LogP contribution >= 0.6 is 0 Å². The van der Waals surface area contributed by atoms with Crippen molar-refractivity contribution in [2.45, 2.75) is 18.3 Å². The molecule has 13 heavy (non-hydrogen) atoms. The smallest absolute Gasteiger partial charge is 0.290 e. The van der Waals surface area contributed by atoms with Crippen molar-refractivity contribution in [2.75, 3.05) is 6.67 Å². The molecule has 0 rings (SSSR count). The summed E-state index contributed by atoms with van der Waals surface area (Å²) in [4.78, 5) is 9.85. The van der Waals surface area contributed by atoms with E-state index in [0.717, 1.165) is 0 Å². The van der Waals surface area contributed by atoms with E-state index in [0.29, 0.717) is 0 Å². The van der Waals surface area contributed by atoms with Crippen LogP contribution in [0.2, 0.25) is 0 Å². The summed E-state index contributed by atoms with van der Waals surface area (Å²) >= 11 is 0. The lowest BCUT2D eigenvalue weighted by Gasteiger charge is -2.23. The first kappa shape index (κ1) is 12.2. The van der Waals surface area contributed by atoms with E-state index >= 15 is 0 Å². The molecule has 0 aliphatic rings. The van der Waals surface area contributed by atoms with Crippen molar-refractivity contribution in [3.63, 3.8) is 0 Å². The first-order valence-electron chi connectivity index (χ1n) is 2.81. The minimum absolute atomic E-state index is 2.42. The Labute approximate surface area is 67.5 Å². The minimum Gasteiger partial charge on any atom is -0.290 e. The van der Waals surface area contributed by atoms with Gasteiger partial charge in [0.2, 0.25) is 5.78 Å². The molecule has 0 bridgehead atoms. The molecule has 0 aromatic carbocycles. The van der Waals surface area contributed by atoms with Gasteiger partial charge in [-0.05, 0) is 0 Å². The van der Waals surface area contributed by atoms with Crippen molar-refractivity contribution in [3.05, 3.63) is 0 Å². The molecule has 0 N–H and O–H groups in total. The summed E-state index contributed by atoms with van der Waals surface area (Å²) in [6.07, 6.45) is -4.72. The van der Waals surface area contributed by atoms with Crippen molar-refractivity contribution in [2.24, 2.45) is 0 Å². The monoisotopic (exact) mass is 212 g/mol. The maximum Gasteiger partial charge on any atom is 0.376 e. The molecule has 0 aliphatic carbocycles. The molecule has 0 aromatic heterocycles. The number of halogens is 7. The molecule has 0 spiro atoms. The van der Waals surface area contributed by atoms with Gasteiger partial charge in [0.1, 0.15) is 0 Å². The molecular weight excluding hydrogens is 209 g/mol. The molecule has 1 nitrogen and oxygen atoms in total. The number of Topliss-reactive ketones (excluding diaryl/α,β-unsaturated/α-hetero) is 1. The summed E-state index contributed by atoms with van der Waals surface area (Å²) in [7, 11) is 0. The molecule has 78 valence electrons. The summed E-state index contributed by atoms with van der Waals surface area (Å²) in [6.45, 7) is -2.42. The van der Waals surface area contributed by atoms with Crippen LogP contribution in [0.25, 0.3) is 0 Å². The highest BCUT2D eigenvalue weighted by Gasteiger charge is 2.67. The maximum atomic E-state index is 12.0. The van der Waals surface area contributed by atoms with Gasteiger partial charge in [-0.25, -0.2) is 13.2 Å². The minimum atomic E-state index is -5.84. The van der Waals surface area contributed by atoms with Gasteiger partial charge in [-0.3, -0.25) is 4.79 Å². The second-order valence-corrected chi connectivity index (χ2v) is 2.05. The van der Waals surface area contributed by atoms with Crippen LogP contribution in [0.3, 0.4) is 0 Å². The number of hydrogen-bond donors (Lipinski definition) is 0. The first-order chi connectivity index (χ1) is 5.67. The van der Waals surface area contributed by atoms with Crippen LogP contribution in [0.15, 0.2) is 0 Å². The lowest BCUT2D eigenvalue weighted by atomic mass is 10.1. The molecule has 0 fully saturated rings. The van der Waals surface area contributed by atoms with Gasteiger partial charge in [-0.2, -0.15) is 17.6 Å². The fourth-order valence-electron chi connectivity index (χ4n) is 0.407. The van der Waals surface area contributed by atoms with E-state index in [1.807, 2.05) is 0 Å². The molecule has 0 atom stereocenters. The Balaban J connectivity index is 4.91. The molecule has 0 saturated carbocycles. The molecule has 8 heteroatoms. The summed E-state index contributed by atoms with van der Waals surface area (Å²) in [5, 5.41) is 0. The van der Waals surface area contributed by atoms with Crippen LogP contribution in [-0.2, 0) is 4.79 Å². The van der Waals surface area contributed by atoms with E-state index in [1.54, 1.807) is 0 Å². The first-order valence-corrected chi connectivity index (χ1v) is 2.81. The van der Waals surface area contributed by atoms with E-state index in [4.69, 9.17) is 0 Å². The molecular formula is C5H3F7O. The highest BCUT2D eigenvalue weighted by Crippen LogP contribution is 2.39. The van der Waals surface area contributed by atoms with Gasteiger partial charge in [0.15, 0.2) is 6.67 Å². The van der Waals surface area contributed by atoms with E-state index in [1.165, 1.54) is 0 Å². The summed E-state index contributed by atoms with van der Waals surface area (Å²) in [6, 6.07) is 0. The van der Waals surface area contributed by atoms with Crippen molar-refractivity contribution >= 4 is 5.78 Å². The highest BCUT2D eigenvalue weighted by atomic mass is 19.3. The van der Waals surface area contributed by atoms with Crippen LogP contribution in [0.1, 0.15) is 0 Å². The van der Waals surface area contributed by atoms with Crippen molar-refractivity contribution in [3.8, 4) is 0 Å². The molecule has 0 unspecified atom stereocenters. The molecule has 0 radical (unpaired) electrons. The Morgan fingerprint density at radius 2 is 1.54 bits per heavy atom. The van der Waals surface area contributed by atoms with Crippen molar-refractivity contribution in [1.29, 1.82) is 0 Å². The third-order valence-electron chi connectivity index (χ3n) is 1.16. The van der Waals surface area contributed by atoms with Gasteiger partial charge in [0.25, 0.3) is 0 Å². The summed E-state index contributed by atoms with van der Waals surface area (Å²) in [5.41, 5.74) is 0. The normalized spacial score (nSPS) is 13.5. The lowest BCUT2D eigenvalue weighted by molar-refractivity contribution is -0.253. The number of hydrogen-bond acceptors (Lipinski definition) is 1. The zero-order chi connectivity index (χ0) is 10.9. The SMILES string of the molecule is O=C(CF)C(F)(F)C(F)(F)C(F)F. The van der Waals surface area contributed by atoms with Crippen molar-refractivity contribution in [1.82, 2.24) is 0 Å². The topological polar surface area (TPSA) is 17.1 Å². The fourth-order valence-corrected chi connectivity index (χ4v) is 0.407. The zero-order valence-electron chi connectivity index (χ0n) is 5.84. The molecule has 0 amide bonds. The Morgan fingerprint density at radius 3 is 1.77 bits per heavy atom. The predicted octanol–water partition coefficient (Wildman–Crippen LogP) is 2.06.